The lowest BCUT2D eigenvalue weighted by Gasteiger charge is -2.10. The minimum Gasteiger partial charge on any atom is -0.492 e. The predicted octanol–water partition coefficient (Wildman–Crippen LogP) is 3.15. The third-order valence-corrected chi connectivity index (χ3v) is 3.40. The molecule has 0 radical (unpaired) electrons. The molecular weight excluding hydrogens is 250 g/mol. The number of imidazole rings is 1. The van der Waals surface area contributed by atoms with Crippen LogP contribution in [0.3, 0.4) is 0 Å². The Bertz CT molecular complexity index is 587. The molecule has 0 aliphatic heterocycles. The van der Waals surface area contributed by atoms with E-state index in [0.717, 1.165) is 23.9 Å². The van der Waals surface area contributed by atoms with Crippen molar-refractivity contribution in [3.8, 4) is 5.75 Å². The van der Waals surface area contributed by atoms with Crippen LogP contribution in [0.2, 0.25) is 0 Å². The van der Waals surface area contributed by atoms with E-state index in [0.29, 0.717) is 12.6 Å². The van der Waals surface area contributed by atoms with Crippen LogP contribution in [-0.2, 0) is 6.54 Å². The van der Waals surface area contributed by atoms with Crippen LogP contribution in [0.5, 0.6) is 5.75 Å². The van der Waals surface area contributed by atoms with Crippen LogP contribution < -0.4 is 10.1 Å². The zero-order valence-electron chi connectivity index (χ0n) is 12.1. The second-order valence-electron chi connectivity index (χ2n) is 5.48. The minimum absolute atomic E-state index is 0.619. The molecule has 1 aliphatic rings. The number of hydrogen-bond acceptors (Lipinski definition) is 3. The van der Waals surface area contributed by atoms with E-state index in [1.807, 2.05) is 19.1 Å². The van der Waals surface area contributed by atoms with Gasteiger partial charge < -0.3 is 14.6 Å². The van der Waals surface area contributed by atoms with E-state index in [2.05, 4.69) is 40.1 Å². The van der Waals surface area contributed by atoms with Gasteiger partial charge in [0.1, 0.15) is 12.4 Å². The molecule has 20 heavy (non-hydrogen) atoms. The van der Waals surface area contributed by atoms with E-state index in [-0.39, 0.29) is 0 Å². The smallest absolute Gasteiger partial charge is 0.203 e. The van der Waals surface area contributed by atoms with Crippen LogP contribution >= 0.6 is 0 Å². The molecule has 4 nitrogen and oxygen atoms in total. The van der Waals surface area contributed by atoms with Gasteiger partial charge in [-0.3, -0.25) is 0 Å². The number of aromatic nitrogens is 2. The first kappa shape index (κ1) is 13.0. The van der Waals surface area contributed by atoms with Crippen LogP contribution in [0, 0.1) is 13.8 Å². The number of rotatable bonds is 6. The third kappa shape index (κ3) is 3.32. The zero-order chi connectivity index (χ0) is 13.9. The molecule has 1 fully saturated rings. The summed E-state index contributed by atoms with van der Waals surface area (Å²) in [7, 11) is 0. The average Bonchev–Trinajstić information content (AvgIpc) is 3.14. The van der Waals surface area contributed by atoms with Gasteiger partial charge in [0.25, 0.3) is 0 Å². The highest BCUT2D eigenvalue weighted by Gasteiger charge is 2.22. The predicted molar refractivity (Wildman–Crippen MR) is 80.3 cm³/mol. The summed E-state index contributed by atoms with van der Waals surface area (Å²) < 4.78 is 7.94. The molecule has 0 atom stereocenters. The Morgan fingerprint density at radius 1 is 1.35 bits per heavy atom. The Labute approximate surface area is 119 Å². The van der Waals surface area contributed by atoms with Gasteiger partial charge in [-0.15, -0.1) is 0 Å². The lowest BCUT2D eigenvalue weighted by Crippen LogP contribution is -2.13. The summed E-state index contributed by atoms with van der Waals surface area (Å²) in [5, 5.41) is 3.46. The maximum atomic E-state index is 5.80. The van der Waals surface area contributed by atoms with Crippen LogP contribution in [-0.4, -0.2) is 22.2 Å². The van der Waals surface area contributed by atoms with Crippen LogP contribution in [0.1, 0.15) is 24.1 Å². The monoisotopic (exact) mass is 271 g/mol. The summed E-state index contributed by atoms with van der Waals surface area (Å²) in [5.74, 6) is 1.90. The Hall–Kier alpha value is -1.97. The lowest BCUT2D eigenvalue weighted by atomic mass is 10.2. The Morgan fingerprint density at radius 3 is 2.95 bits per heavy atom. The molecule has 1 aliphatic carbocycles. The Kier molecular flexibility index (Phi) is 3.63. The number of hydrogen-bond donors (Lipinski definition) is 1. The van der Waals surface area contributed by atoms with Crippen molar-refractivity contribution in [3.63, 3.8) is 0 Å². The van der Waals surface area contributed by atoms with Gasteiger partial charge in [-0.05, 0) is 44.4 Å². The quantitative estimate of drug-likeness (QED) is 0.877. The Morgan fingerprint density at radius 2 is 2.20 bits per heavy atom. The largest absolute Gasteiger partial charge is 0.492 e. The van der Waals surface area contributed by atoms with Gasteiger partial charge in [-0.25, -0.2) is 4.98 Å². The SMILES string of the molecule is Cc1cccc(OCCn2cc(C)nc2NC2CC2)c1. The van der Waals surface area contributed by atoms with E-state index in [9.17, 15) is 0 Å². The summed E-state index contributed by atoms with van der Waals surface area (Å²) in [4.78, 5) is 4.53. The van der Waals surface area contributed by atoms with Crippen molar-refractivity contribution in [2.45, 2.75) is 39.3 Å². The molecule has 0 spiro atoms. The highest BCUT2D eigenvalue weighted by atomic mass is 16.5. The second kappa shape index (κ2) is 5.57. The van der Waals surface area contributed by atoms with Gasteiger partial charge in [0, 0.05) is 12.2 Å². The third-order valence-electron chi connectivity index (χ3n) is 3.40. The molecule has 0 amide bonds. The summed E-state index contributed by atoms with van der Waals surface area (Å²) >= 11 is 0. The molecule has 2 aromatic rings. The first-order chi connectivity index (χ1) is 9.70. The van der Waals surface area contributed by atoms with Gasteiger partial charge in [0.15, 0.2) is 0 Å². The number of anilines is 1. The zero-order valence-corrected chi connectivity index (χ0v) is 12.1. The lowest BCUT2D eigenvalue weighted by molar-refractivity contribution is 0.299. The van der Waals surface area contributed by atoms with E-state index < -0.39 is 0 Å². The minimum atomic E-state index is 0.619. The van der Waals surface area contributed by atoms with Crippen LogP contribution in [0.4, 0.5) is 5.95 Å². The molecule has 0 unspecified atom stereocenters. The molecule has 106 valence electrons. The molecule has 1 aromatic carbocycles. The molecule has 1 saturated carbocycles. The fraction of sp³-hybridized carbons (Fsp3) is 0.438. The molecule has 0 bridgehead atoms. The molecule has 1 heterocycles. The first-order valence-electron chi connectivity index (χ1n) is 7.20. The fourth-order valence-corrected chi connectivity index (χ4v) is 2.21. The molecule has 1 N–H and O–H groups in total. The van der Waals surface area contributed by atoms with Gasteiger partial charge in [0.2, 0.25) is 5.95 Å². The average molecular weight is 271 g/mol. The standard InChI is InChI=1S/C16H21N3O/c1-12-4-3-5-15(10-12)20-9-8-19-11-13(2)17-16(19)18-14-6-7-14/h3-5,10-11,14H,6-9H2,1-2H3,(H,17,18). The van der Waals surface area contributed by atoms with Crippen molar-refractivity contribution >= 4 is 5.95 Å². The normalized spacial score (nSPS) is 14.3. The van der Waals surface area contributed by atoms with Gasteiger partial charge in [-0.2, -0.15) is 0 Å². The van der Waals surface area contributed by atoms with Crippen LogP contribution in [0.15, 0.2) is 30.5 Å². The summed E-state index contributed by atoms with van der Waals surface area (Å²) in [5.41, 5.74) is 2.26. The van der Waals surface area contributed by atoms with Crippen molar-refractivity contribution in [2.24, 2.45) is 0 Å². The van der Waals surface area contributed by atoms with E-state index in [1.165, 1.54) is 18.4 Å². The highest BCUT2D eigenvalue weighted by molar-refractivity contribution is 5.32. The van der Waals surface area contributed by atoms with Crippen molar-refractivity contribution in [1.82, 2.24) is 9.55 Å². The van der Waals surface area contributed by atoms with Crippen molar-refractivity contribution in [2.75, 3.05) is 11.9 Å². The molecular formula is C16H21N3O. The number of nitrogens with zero attached hydrogens (tertiary/aromatic N) is 2. The number of benzene rings is 1. The number of nitrogens with one attached hydrogen (secondary N) is 1. The van der Waals surface area contributed by atoms with Crippen molar-refractivity contribution < 1.29 is 4.74 Å². The van der Waals surface area contributed by atoms with Crippen molar-refractivity contribution in [3.05, 3.63) is 41.7 Å². The Balaban J connectivity index is 1.57. The molecule has 1 aromatic heterocycles. The maximum absolute atomic E-state index is 5.80. The number of ether oxygens (including phenoxy) is 1. The van der Waals surface area contributed by atoms with E-state index in [4.69, 9.17) is 4.74 Å². The van der Waals surface area contributed by atoms with E-state index in [1.54, 1.807) is 0 Å². The van der Waals surface area contributed by atoms with Gasteiger partial charge in [-0.1, -0.05) is 12.1 Å². The maximum Gasteiger partial charge on any atom is 0.203 e. The number of aryl methyl sites for hydroxylation is 2. The highest BCUT2D eigenvalue weighted by Crippen LogP contribution is 2.24. The summed E-state index contributed by atoms with van der Waals surface area (Å²) in [6.45, 7) is 5.56. The first-order valence-corrected chi connectivity index (χ1v) is 7.20. The van der Waals surface area contributed by atoms with Crippen LogP contribution in [0.25, 0.3) is 0 Å². The van der Waals surface area contributed by atoms with E-state index >= 15 is 0 Å². The summed E-state index contributed by atoms with van der Waals surface area (Å²) in [6.07, 6.45) is 4.59. The molecule has 4 heteroatoms. The van der Waals surface area contributed by atoms with Crippen molar-refractivity contribution in [1.29, 1.82) is 0 Å². The second-order valence-corrected chi connectivity index (χ2v) is 5.48. The molecule has 0 saturated heterocycles. The fourth-order valence-electron chi connectivity index (χ4n) is 2.21. The summed E-state index contributed by atoms with van der Waals surface area (Å²) in [6, 6.07) is 8.77. The topological polar surface area (TPSA) is 39.1 Å². The molecule has 3 rings (SSSR count). The van der Waals surface area contributed by atoms with Gasteiger partial charge in [0.05, 0.1) is 12.2 Å². The van der Waals surface area contributed by atoms with Gasteiger partial charge >= 0.3 is 0 Å².